The Balaban J connectivity index is 1.83. The number of nitrogens with zero attached hydrogens (tertiary/aromatic N) is 4. The van der Waals surface area contributed by atoms with Crippen molar-refractivity contribution in [3.8, 4) is 0 Å². The molecule has 0 saturated heterocycles. The number of aryl methyl sites for hydroxylation is 1. The average molecular weight is 406 g/mol. The summed E-state index contributed by atoms with van der Waals surface area (Å²) >= 11 is 0. The number of anilines is 3. The number of nitrogen functional groups attached to an aromatic ring is 2. The Morgan fingerprint density at radius 1 is 1.20 bits per heavy atom. The second-order valence-electron chi connectivity index (χ2n) is 6.58. The predicted octanol–water partition coefficient (Wildman–Crippen LogP) is 1.14. The smallest absolute Gasteiger partial charge is 0.314 e. The lowest BCUT2D eigenvalue weighted by atomic mass is 10.2. The van der Waals surface area contributed by atoms with Gasteiger partial charge < -0.3 is 27.1 Å². The highest BCUT2D eigenvalue weighted by Gasteiger charge is 2.24. The number of nitrogens with one attached hydrogen (secondary N) is 2. The van der Waals surface area contributed by atoms with E-state index in [4.69, 9.17) is 16.9 Å². The molecule has 154 valence electrons. The first-order chi connectivity index (χ1) is 14.4. The third-order valence-corrected chi connectivity index (χ3v) is 4.55. The lowest BCUT2D eigenvalue weighted by molar-refractivity contribution is -0.144. The van der Waals surface area contributed by atoms with Crippen molar-refractivity contribution in [2.45, 2.75) is 13.1 Å². The van der Waals surface area contributed by atoms with Gasteiger partial charge >= 0.3 is 11.8 Å². The van der Waals surface area contributed by atoms with Gasteiger partial charge in [-0.15, -0.1) is 0 Å². The molecule has 6 N–H and O–H groups in total. The van der Waals surface area contributed by atoms with Gasteiger partial charge in [0.2, 0.25) is 0 Å². The lowest BCUT2D eigenvalue weighted by Crippen LogP contribution is -2.39. The minimum absolute atomic E-state index is 0.0636. The standard InChI is InChI=1S/C20H22N8O2/c1-27-14(7-8-25-27)12-28(11-13-5-3-2-4-6-13)20(30)19(29)26-16-10-24-18(23)15(9-21)17(16)22/h2-10,21H,11-12H2,1H3,(H,26,29)(H4,22,23,24). The van der Waals surface area contributed by atoms with Gasteiger partial charge in [0.05, 0.1) is 35.4 Å². The number of amides is 2. The maximum absolute atomic E-state index is 13.0. The number of pyridine rings is 1. The zero-order valence-corrected chi connectivity index (χ0v) is 16.4. The number of carbonyl (C=O) groups excluding carboxylic acids is 2. The molecule has 0 spiro atoms. The minimum atomic E-state index is -0.873. The van der Waals surface area contributed by atoms with Crippen molar-refractivity contribution in [3.05, 3.63) is 65.6 Å². The zero-order chi connectivity index (χ0) is 21.7. The van der Waals surface area contributed by atoms with Crippen LogP contribution in [0.1, 0.15) is 16.8 Å². The summed E-state index contributed by atoms with van der Waals surface area (Å²) in [6.07, 6.45) is 3.82. The van der Waals surface area contributed by atoms with Crippen molar-refractivity contribution in [3.63, 3.8) is 0 Å². The summed E-state index contributed by atoms with van der Waals surface area (Å²) in [6, 6.07) is 11.1. The third kappa shape index (κ3) is 4.43. The van der Waals surface area contributed by atoms with E-state index < -0.39 is 11.8 Å². The molecule has 30 heavy (non-hydrogen) atoms. The molecule has 0 aliphatic rings. The molecule has 10 nitrogen and oxygen atoms in total. The number of carbonyl (C=O) groups is 2. The quantitative estimate of drug-likeness (QED) is 0.355. The van der Waals surface area contributed by atoms with E-state index in [1.54, 1.807) is 24.0 Å². The second-order valence-corrected chi connectivity index (χ2v) is 6.58. The van der Waals surface area contributed by atoms with Gasteiger partial charge in [0.1, 0.15) is 5.82 Å². The summed E-state index contributed by atoms with van der Waals surface area (Å²) < 4.78 is 1.64. The van der Waals surface area contributed by atoms with Gasteiger partial charge in [0.25, 0.3) is 0 Å². The van der Waals surface area contributed by atoms with Crippen LogP contribution in [0.4, 0.5) is 17.2 Å². The molecule has 0 aliphatic carbocycles. The van der Waals surface area contributed by atoms with E-state index in [0.717, 1.165) is 17.5 Å². The Labute approximate surface area is 173 Å². The third-order valence-electron chi connectivity index (χ3n) is 4.55. The van der Waals surface area contributed by atoms with E-state index in [0.29, 0.717) is 0 Å². The van der Waals surface area contributed by atoms with Crippen LogP contribution >= 0.6 is 0 Å². The topological polar surface area (TPSA) is 156 Å². The molecule has 0 radical (unpaired) electrons. The van der Waals surface area contributed by atoms with Gasteiger partial charge in [-0.3, -0.25) is 14.3 Å². The summed E-state index contributed by atoms with van der Waals surface area (Å²) in [7, 11) is 1.76. The molecular formula is C20H22N8O2. The predicted molar refractivity (Wildman–Crippen MR) is 113 cm³/mol. The van der Waals surface area contributed by atoms with E-state index in [9.17, 15) is 9.59 Å². The van der Waals surface area contributed by atoms with Crippen LogP contribution in [0.25, 0.3) is 0 Å². The molecule has 0 atom stereocenters. The molecule has 2 heterocycles. The Hall–Kier alpha value is -4.21. The number of aromatic nitrogens is 3. The largest absolute Gasteiger partial charge is 0.396 e. The van der Waals surface area contributed by atoms with Gasteiger partial charge in [-0.25, -0.2) is 4.98 Å². The highest BCUT2D eigenvalue weighted by atomic mass is 16.2. The molecule has 0 fully saturated rings. The summed E-state index contributed by atoms with van der Waals surface area (Å²) in [4.78, 5) is 31.0. The highest BCUT2D eigenvalue weighted by Crippen LogP contribution is 2.24. The van der Waals surface area contributed by atoms with Crippen LogP contribution in [0.2, 0.25) is 0 Å². The van der Waals surface area contributed by atoms with Crippen molar-refractivity contribution >= 4 is 35.2 Å². The molecule has 3 aromatic rings. The molecule has 2 amide bonds. The van der Waals surface area contributed by atoms with Crippen LogP contribution in [0.15, 0.2) is 48.8 Å². The van der Waals surface area contributed by atoms with E-state index in [1.807, 2.05) is 30.3 Å². The van der Waals surface area contributed by atoms with Crippen molar-refractivity contribution in [1.82, 2.24) is 19.7 Å². The van der Waals surface area contributed by atoms with Gasteiger partial charge in [0.15, 0.2) is 0 Å². The van der Waals surface area contributed by atoms with Crippen LogP contribution in [-0.4, -0.2) is 37.7 Å². The average Bonchev–Trinajstić information content (AvgIpc) is 3.14. The fourth-order valence-electron chi connectivity index (χ4n) is 2.88. The normalized spacial score (nSPS) is 10.4. The van der Waals surface area contributed by atoms with Crippen LogP contribution in [0.3, 0.4) is 0 Å². The Bertz CT molecular complexity index is 1080. The summed E-state index contributed by atoms with van der Waals surface area (Å²) in [5.74, 6) is -1.55. The van der Waals surface area contributed by atoms with Crippen LogP contribution < -0.4 is 16.8 Å². The van der Waals surface area contributed by atoms with E-state index in [2.05, 4.69) is 15.4 Å². The maximum atomic E-state index is 13.0. The highest BCUT2D eigenvalue weighted by molar-refractivity contribution is 6.39. The van der Waals surface area contributed by atoms with Gasteiger partial charge in [0, 0.05) is 26.0 Å². The van der Waals surface area contributed by atoms with Gasteiger partial charge in [-0.1, -0.05) is 30.3 Å². The first kappa shape index (κ1) is 20.5. The lowest BCUT2D eigenvalue weighted by Gasteiger charge is -2.22. The van der Waals surface area contributed by atoms with Crippen molar-refractivity contribution in [2.24, 2.45) is 7.05 Å². The number of nitrogens with two attached hydrogens (primary N) is 2. The number of rotatable bonds is 6. The summed E-state index contributed by atoms with van der Waals surface area (Å²) in [5, 5.41) is 14.0. The van der Waals surface area contributed by atoms with Crippen molar-refractivity contribution in [1.29, 1.82) is 5.41 Å². The van der Waals surface area contributed by atoms with Crippen LogP contribution in [0.5, 0.6) is 0 Å². The van der Waals surface area contributed by atoms with Gasteiger partial charge in [-0.05, 0) is 11.6 Å². The number of hydrogen-bond acceptors (Lipinski definition) is 7. The van der Waals surface area contributed by atoms with Crippen molar-refractivity contribution < 1.29 is 9.59 Å². The first-order valence-corrected chi connectivity index (χ1v) is 9.06. The van der Waals surface area contributed by atoms with Crippen LogP contribution in [0, 0.1) is 5.41 Å². The van der Waals surface area contributed by atoms with E-state index in [1.165, 1.54) is 11.1 Å². The van der Waals surface area contributed by atoms with Gasteiger partial charge in [-0.2, -0.15) is 5.10 Å². The molecule has 1 aromatic carbocycles. The SMILES string of the molecule is Cn1nccc1CN(Cc1ccccc1)C(=O)C(=O)Nc1cnc(N)c(C=N)c1N. The van der Waals surface area contributed by atoms with Crippen LogP contribution in [-0.2, 0) is 29.7 Å². The molecule has 0 unspecified atom stereocenters. The minimum Gasteiger partial charge on any atom is -0.396 e. The molecule has 0 saturated carbocycles. The molecular weight excluding hydrogens is 384 g/mol. The van der Waals surface area contributed by atoms with E-state index >= 15 is 0 Å². The molecule has 2 aromatic heterocycles. The molecule has 0 bridgehead atoms. The van der Waals surface area contributed by atoms with E-state index in [-0.39, 0.29) is 35.8 Å². The number of benzene rings is 1. The first-order valence-electron chi connectivity index (χ1n) is 9.06. The Morgan fingerprint density at radius 3 is 2.57 bits per heavy atom. The molecule has 3 rings (SSSR count). The fraction of sp³-hybridized carbons (Fsp3) is 0.150. The Kier molecular flexibility index (Phi) is 6.06. The molecule has 0 aliphatic heterocycles. The zero-order valence-electron chi connectivity index (χ0n) is 16.4. The summed E-state index contributed by atoms with van der Waals surface area (Å²) in [6.45, 7) is 0.429. The second kappa shape index (κ2) is 8.86. The maximum Gasteiger partial charge on any atom is 0.314 e. The monoisotopic (exact) mass is 406 g/mol. The fourth-order valence-corrected chi connectivity index (χ4v) is 2.88. The Morgan fingerprint density at radius 2 is 1.93 bits per heavy atom. The number of hydrogen-bond donors (Lipinski definition) is 4. The van der Waals surface area contributed by atoms with Crippen molar-refractivity contribution in [2.75, 3.05) is 16.8 Å². The summed E-state index contributed by atoms with van der Waals surface area (Å²) in [5.41, 5.74) is 13.6. The molecule has 10 heteroatoms.